The van der Waals surface area contributed by atoms with Crippen LogP contribution in [0.1, 0.15) is 16.7 Å². The Morgan fingerprint density at radius 2 is 0.873 bits per heavy atom. The van der Waals surface area contributed by atoms with E-state index in [2.05, 4.69) is 158 Å². The van der Waals surface area contributed by atoms with E-state index in [0.29, 0.717) is 5.84 Å². The molecule has 6 heteroatoms. The topological polar surface area (TPSA) is 64.1 Å². The van der Waals surface area contributed by atoms with Crippen LogP contribution in [0.4, 0.5) is 0 Å². The maximum absolute atomic E-state index is 7.03. The van der Waals surface area contributed by atoms with Gasteiger partial charge in [-0.1, -0.05) is 140 Å². The highest BCUT2D eigenvalue weighted by molar-refractivity contribution is 14.2. The smallest absolute Gasteiger partial charge is 0.161 e. The van der Waals surface area contributed by atoms with E-state index in [1.165, 1.54) is 5.56 Å². The molecule has 296 valence electrons. The Morgan fingerprint density at radius 3 is 1.62 bits per heavy atom. The van der Waals surface area contributed by atoms with Crippen LogP contribution >= 0.6 is 20.7 Å². The number of amidine groups is 1. The lowest BCUT2D eigenvalue weighted by Gasteiger charge is -2.14. The van der Waals surface area contributed by atoms with E-state index < -0.39 is 20.7 Å². The molecule has 0 unspecified atom stereocenters. The lowest BCUT2D eigenvalue weighted by Crippen LogP contribution is -2.11. The summed E-state index contributed by atoms with van der Waals surface area (Å²) in [6, 6.07) is 70.0. The minimum absolute atomic E-state index is 0.712. The highest BCUT2D eigenvalue weighted by Crippen LogP contribution is 2.44. The second-order valence-electron chi connectivity index (χ2n) is 15.8. The monoisotopic (exact) mass is 920 g/mol. The van der Waals surface area contributed by atoms with Crippen LogP contribution in [0.3, 0.4) is 0 Å². The highest BCUT2D eigenvalue weighted by Gasteiger charge is 2.23. The van der Waals surface area contributed by atoms with Crippen molar-refractivity contribution >= 4 is 99.7 Å². The van der Waals surface area contributed by atoms with Gasteiger partial charge in [0.2, 0.25) is 0 Å². The molecule has 5 nitrogen and oxygen atoms in total. The third kappa shape index (κ3) is 6.09. The molecular weight excluding hydrogens is 888 g/mol. The van der Waals surface area contributed by atoms with Gasteiger partial charge in [0, 0.05) is 54.6 Å². The first-order chi connectivity index (χ1) is 31.2. The Bertz CT molecular complexity index is 3910. The Labute approximate surface area is 371 Å². The van der Waals surface area contributed by atoms with Crippen molar-refractivity contribution in [2.75, 3.05) is 0 Å². The van der Waals surface area contributed by atoms with Crippen LogP contribution in [0, 0.1) is 0 Å². The van der Waals surface area contributed by atoms with E-state index in [1.807, 2.05) is 42.5 Å². The molecule has 0 N–H and O–H groups in total. The van der Waals surface area contributed by atoms with Crippen LogP contribution in [0.15, 0.2) is 223 Å². The van der Waals surface area contributed by atoms with Crippen molar-refractivity contribution in [3.8, 4) is 33.4 Å². The largest absolute Gasteiger partial charge is 0.456 e. The summed E-state index contributed by atoms with van der Waals surface area (Å²) in [5.41, 5.74) is 14.8. The summed E-state index contributed by atoms with van der Waals surface area (Å²) < 4.78 is 21.7. The number of hydrogen-bond donors (Lipinski definition) is 0. The van der Waals surface area contributed by atoms with Gasteiger partial charge in [0.1, 0.15) is 40.8 Å². The first kappa shape index (κ1) is 36.0. The van der Waals surface area contributed by atoms with Crippen LogP contribution in [0.25, 0.3) is 99.2 Å². The lowest BCUT2D eigenvalue weighted by atomic mass is 9.93. The first-order valence-electron chi connectivity index (χ1n) is 20.9. The quantitative estimate of drug-likeness (QED) is 0.156. The number of rotatable bonds is 6. The van der Waals surface area contributed by atoms with E-state index in [9.17, 15) is 0 Å². The molecule has 1 aliphatic heterocycles. The molecule has 13 rings (SSSR count). The molecule has 0 bridgehead atoms. The molecule has 0 saturated carbocycles. The van der Waals surface area contributed by atoms with E-state index >= 15 is 0 Å². The molecule has 1 aliphatic rings. The average molecular weight is 921 g/mol. The standard InChI is InChI=1S/C57H33IN2O3/c1-3-13-34(14-4-1)36-17-11-18-39(29-36)55-58-56(60-57(59-55)35-15-5-2-6-16-35)43-21-12-24-52-53(43)47-33-40(37-25-27-50-45(30-37)41-19-7-9-22-48(41)61-50)32-44(54(47)63-52)38-26-28-51-46(31-38)42-20-8-10-23-49(42)62-51/h1-33H. The number of furan rings is 3. The second kappa shape index (κ2) is 14.5. The summed E-state index contributed by atoms with van der Waals surface area (Å²) in [6.07, 6.45) is 0. The highest BCUT2D eigenvalue weighted by atomic mass is 127. The number of benzene rings is 9. The summed E-state index contributed by atoms with van der Waals surface area (Å²) in [5.74, 6) is 0.712. The molecule has 0 radical (unpaired) electrons. The zero-order chi connectivity index (χ0) is 41.4. The molecule has 0 amide bonds. The van der Waals surface area contributed by atoms with Gasteiger partial charge >= 0.3 is 0 Å². The third-order valence-corrected chi connectivity index (χ3v) is 14.8. The average Bonchev–Trinajstić information content (AvgIpc) is 4.05. The minimum atomic E-state index is -0.841. The Kier molecular flexibility index (Phi) is 8.27. The summed E-state index contributed by atoms with van der Waals surface area (Å²) in [4.78, 5) is 10.7. The Morgan fingerprint density at radius 1 is 0.317 bits per heavy atom. The van der Waals surface area contributed by atoms with Crippen molar-refractivity contribution in [3.05, 3.63) is 217 Å². The second-order valence-corrected chi connectivity index (χ2v) is 18.4. The van der Waals surface area contributed by atoms with E-state index in [-0.39, 0.29) is 0 Å². The predicted octanol–water partition coefficient (Wildman–Crippen LogP) is 15.7. The molecule has 12 aromatic rings. The summed E-state index contributed by atoms with van der Waals surface area (Å²) >= 11 is -0.841. The van der Waals surface area contributed by atoms with E-state index in [0.717, 1.165) is 118 Å². The fourth-order valence-electron chi connectivity index (χ4n) is 9.02. The van der Waals surface area contributed by atoms with Crippen molar-refractivity contribution in [3.63, 3.8) is 0 Å². The van der Waals surface area contributed by atoms with Gasteiger partial charge in [0.25, 0.3) is 0 Å². The zero-order valence-corrected chi connectivity index (χ0v) is 35.7. The summed E-state index contributed by atoms with van der Waals surface area (Å²) in [7, 11) is 0. The minimum Gasteiger partial charge on any atom is -0.456 e. The maximum Gasteiger partial charge on any atom is 0.161 e. The first-order valence-corrected chi connectivity index (χ1v) is 23.1. The van der Waals surface area contributed by atoms with E-state index in [1.54, 1.807) is 0 Å². The molecule has 4 heterocycles. The van der Waals surface area contributed by atoms with Gasteiger partial charge in [0.05, 0.1) is 0 Å². The fraction of sp³-hybridized carbons (Fsp3) is 0. The number of fused-ring (bicyclic) bond motifs is 9. The molecular formula is C57H33IN2O3. The fourth-order valence-corrected chi connectivity index (χ4v) is 11.6. The van der Waals surface area contributed by atoms with Gasteiger partial charge in [0.15, 0.2) is 5.84 Å². The van der Waals surface area contributed by atoms with Gasteiger partial charge in [-0.2, -0.15) is 0 Å². The van der Waals surface area contributed by atoms with Crippen LogP contribution in [-0.4, -0.2) is 13.2 Å². The summed E-state index contributed by atoms with van der Waals surface area (Å²) in [5, 5.41) is 6.42. The zero-order valence-electron chi connectivity index (χ0n) is 33.5. The lowest BCUT2D eigenvalue weighted by molar-refractivity contribution is 0.668. The van der Waals surface area contributed by atoms with Gasteiger partial charge in [-0.3, -0.25) is 0 Å². The number of nitrogens with zero attached hydrogens (tertiary/aromatic N) is 2. The van der Waals surface area contributed by atoms with Crippen molar-refractivity contribution in [2.45, 2.75) is 0 Å². The summed E-state index contributed by atoms with van der Waals surface area (Å²) in [6.45, 7) is 0. The molecule has 0 spiro atoms. The van der Waals surface area contributed by atoms with Crippen LogP contribution in [-0.2, 0) is 0 Å². The normalized spacial score (nSPS) is 13.2. The van der Waals surface area contributed by atoms with Gasteiger partial charge in [-0.15, -0.1) is 0 Å². The van der Waals surface area contributed by atoms with Crippen molar-refractivity contribution in [2.24, 2.45) is 9.98 Å². The molecule has 63 heavy (non-hydrogen) atoms. The molecule has 0 atom stereocenters. The van der Waals surface area contributed by atoms with Gasteiger partial charge in [-0.05, 0) is 109 Å². The van der Waals surface area contributed by atoms with Crippen LogP contribution < -0.4 is 0 Å². The third-order valence-electron chi connectivity index (χ3n) is 12.0. The molecule has 0 saturated heterocycles. The molecule has 9 aromatic carbocycles. The number of aliphatic imine (C=N–C) groups is 2. The van der Waals surface area contributed by atoms with Gasteiger partial charge in [-0.25, -0.2) is 9.98 Å². The SMILES string of the molecule is c1ccc(C2=NC(c3cccc4oc5c(-c6ccc7oc8ccccc8c7c6)cc(-c6ccc7oc8ccccc8c7c6)cc5c34)=IC(c3cccc(-c4ccccc4)c3)=N2)cc1. The Balaban J connectivity index is 1.05. The van der Waals surface area contributed by atoms with Crippen molar-refractivity contribution < 1.29 is 13.3 Å². The number of hydrogen-bond acceptors (Lipinski definition) is 5. The van der Waals surface area contributed by atoms with Crippen LogP contribution in [0.2, 0.25) is 0 Å². The van der Waals surface area contributed by atoms with Crippen molar-refractivity contribution in [1.82, 2.24) is 0 Å². The molecule has 3 aromatic heterocycles. The molecule has 0 aliphatic carbocycles. The van der Waals surface area contributed by atoms with Crippen LogP contribution in [0.5, 0.6) is 0 Å². The Hall–Kier alpha value is -7.68. The van der Waals surface area contributed by atoms with E-state index in [4.69, 9.17) is 23.2 Å². The van der Waals surface area contributed by atoms with Gasteiger partial charge < -0.3 is 13.3 Å². The maximum atomic E-state index is 7.03. The predicted molar refractivity (Wildman–Crippen MR) is 269 cm³/mol. The van der Waals surface area contributed by atoms with Crippen molar-refractivity contribution in [1.29, 1.82) is 0 Å². The number of para-hydroxylation sites is 2. The molecule has 0 fully saturated rings. The number of halogens is 1.